The molecule has 110 valence electrons. The molecular formula is C18H15NS3. The van der Waals surface area contributed by atoms with E-state index in [0.717, 1.165) is 26.4 Å². The van der Waals surface area contributed by atoms with Gasteiger partial charge < -0.3 is 4.57 Å². The largest absolute Gasteiger partial charge is 0.315 e. The fraction of sp³-hybridized carbons (Fsp3) is 0.111. The van der Waals surface area contributed by atoms with Crippen molar-refractivity contribution in [1.82, 2.24) is 4.57 Å². The average Bonchev–Trinajstić information content (AvgIpc) is 2.56. The number of nitrogens with zero attached hydrogens (tertiary/aromatic N) is 1. The average molecular weight is 342 g/mol. The van der Waals surface area contributed by atoms with E-state index in [-0.39, 0.29) is 0 Å². The Kier molecular flexibility index (Phi) is 4.93. The fourth-order valence-electron chi connectivity index (χ4n) is 2.29. The predicted octanol–water partition coefficient (Wildman–Crippen LogP) is 5.92. The lowest BCUT2D eigenvalue weighted by atomic mass is 10.1. The van der Waals surface area contributed by atoms with E-state index in [4.69, 9.17) is 24.4 Å². The van der Waals surface area contributed by atoms with Gasteiger partial charge in [0.1, 0.15) is 4.64 Å². The third-order valence-corrected chi connectivity index (χ3v) is 5.24. The first-order chi connectivity index (χ1) is 10.7. The first-order valence-electron chi connectivity index (χ1n) is 7.08. The van der Waals surface area contributed by atoms with E-state index in [9.17, 15) is 0 Å². The van der Waals surface area contributed by atoms with Crippen LogP contribution in [-0.4, -0.2) is 4.57 Å². The summed E-state index contributed by atoms with van der Waals surface area (Å²) in [6, 6.07) is 22.7. The highest BCUT2D eigenvalue weighted by Crippen LogP contribution is 2.25. The Balaban J connectivity index is 1.88. The Morgan fingerprint density at radius 2 is 1.50 bits per heavy atom. The molecule has 0 spiro atoms. The fourth-order valence-corrected chi connectivity index (χ4v) is 4.15. The second kappa shape index (κ2) is 7.09. The van der Waals surface area contributed by atoms with E-state index >= 15 is 0 Å². The molecule has 3 aromatic rings. The van der Waals surface area contributed by atoms with Gasteiger partial charge in [-0.3, -0.25) is 0 Å². The molecule has 0 aliphatic carbocycles. The van der Waals surface area contributed by atoms with Crippen molar-refractivity contribution < 1.29 is 0 Å². The monoisotopic (exact) mass is 341 g/mol. The Labute approximate surface area is 144 Å². The molecule has 22 heavy (non-hydrogen) atoms. The van der Waals surface area contributed by atoms with Crippen LogP contribution in [0.2, 0.25) is 0 Å². The van der Waals surface area contributed by atoms with Gasteiger partial charge in [-0.1, -0.05) is 72.9 Å². The molecule has 0 N–H and O–H groups in total. The summed E-state index contributed by atoms with van der Waals surface area (Å²) in [5.41, 5.74) is 2.47. The van der Waals surface area contributed by atoms with E-state index in [1.807, 2.05) is 24.3 Å². The molecule has 1 nitrogen and oxygen atoms in total. The molecule has 0 aliphatic rings. The quantitative estimate of drug-likeness (QED) is 0.543. The van der Waals surface area contributed by atoms with Crippen molar-refractivity contribution in [2.75, 3.05) is 0 Å². The minimum atomic E-state index is 0.804. The topological polar surface area (TPSA) is 4.93 Å². The molecule has 0 radical (unpaired) electrons. The number of aryl methyl sites for hydroxylation is 1. The summed E-state index contributed by atoms with van der Waals surface area (Å²) in [6.45, 7) is 0.827. The van der Waals surface area contributed by atoms with Gasteiger partial charge >= 0.3 is 0 Å². The molecule has 0 fully saturated rings. The Morgan fingerprint density at radius 3 is 2.14 bits per heavy atom. The zero-order chi connectivity index (χ0) is 15.4. The summed E-state index contributed by atoms with van der Waals surface area (Å²) >= 11 is 12.7. The molecular weight excluding hydrogens is 326 g/mol. The summed E-state index contributed by atoms with van der Waals surface area (Å²) < 4.78 is 3.69. The molecule has 0 amide bonds. The molecule has 0 aliphatic heterocycles. The van der Waals surface area contributed by atoms with Crippen LogP contribution in [0.15, 0.2) is 66.7 Å². The lowest BCUT2D eigenvalue weighted by Crippen LogP contribution is -2.03. The first-order valence-corrected chi connectivity index (χ1v) is 8.72. The Bertz CT molecular complexity index is 833. The van der Waals surface area contributed by atoms with Crippen LogP contribution in [0.4, 0.5) is 0 Å². The third kappa shape index (κ3) is 3.58. The smallest absolute Gasteiger partial charge is 0.162 e. The first kappa shape index (κ1) is 15.3. The van der Waals surface area contributed by atoms with E-state index in [1.165, 1.54) is 11.1 Å². The maximum absolute atomic E-state index is 5.56. The molecule has 1 aromatic heterocycles. The zero-order valence-corrected chi connectivity index (χ0v) is 14.4. The Morgan fingerprint density at radius 1 is 0.864 bits per heavy atom. The van der Waals surface area contributed by atoms with Crippen LogP contribution in [-0.2, 0) is 13.0 Å². The van der Waals surface area contributed by atoms with Crippen molar-refractivity contribution in [3.63, 3.8) is 0 Å². The van der Waals surface area contributed by atoms with Crippen LogP contribution >= 0.6 is 35.8 Å². The van der Waals surface area contributed by atoms with Gasteiger partial charge in [-0.15, -0.1) is 11.3 Å². The van der Waals surface area contributed by atoms with Crippen molar-refractivity contribution in [3.05, 3.63) is 80.9 Å². The third-order valence-electron chi connectivity index (χ3n) is 3.46. The van der Waals surface area contributed by atoms with Gasteiger partial charge in [0.2, 0.25) is 0 Å². The summed E-state index contributed by atoms with van der Waals surface area (Å²) in [5.74, 6) is 0. The van der Waals surface area contributed by atoms with Gasteiger partial charge in [-0.25, -0.2) is 0 Å². The van der Waals surface area contributed by atoms with Gasteiger partial charge in [0.25, 0.3) is 0 Å². The highest BCUT2D eigenvalue weighted by molar-refractivity contribution is 7.73. The standard InChI is InChI=1S/C18H15NS3/c20-17-13-16(15-9-5-2-6-10-15)22-18(21)19(17)12-11-14-7-3-1-4-8-14/h1-10,13H,11-12H2. The molecule has 2 aromatic carbocycles. The van der Waals surface area contributed by atoms with Crippen LogP contribution < -0.4 is 0 Å². The van der Waals surface area contributed by atoms with Crippen LogP contribution in [0.1, 0.15) is 5.56 Å². The summed E-state index contributed by atoms with van der Waals surface area (Å²) in [7, 11) is 0. The Hall–Kier alpha value is -1.62. The van der Waals surface area contributed by atoms with Gasteiger partial charge in [0.05, 0.1) is 0 Å². The van der Waals surface area contributed by atoms with Crippen LogP contribution in [0.3, 0.4) is 0 Å². The second-order valence-electron chi connectivity index (χ2n) is 4.97. The second-order valence-corrected chi connectivity index (χ2v) is 7.06. The molecule has 0 bridgehead atoms. The van der Waals surface area contributed by atoms with Gasteiger partial charge in [0, 0.05) is 11.4 Å². The molecule has 0 saturated carbocycles. The van der Waals surface area contributed by atoms with Crippen molar-refractivity contribution in [1.29, 1.82) is 0 Å². The summed E-state index contributed by atoms with van der Waals surface area (Å²) in [4.78, 5) is 1.13. The normalized spacial score (nSPS) is 10.5. The highest BCUT2D eigenvalue weighted by atomic mass is 32.1. The maximum atomic E-state index is 5.56. The summed E-state index contributed by atoms with van der Waals surface area (Å²) in [5, 5.41) is 0. The van der Waals surface area contributed by atoms with Gasteiger partial charge in [0.15, 0.2) is 3.95 Å². The zero-order valence-electron chi connectivity index (χ0n) is 11.9. The number of benzene rings is 2. The van der Waals surface area contributed by atoms with E-state index in [1.54, 1.807) is 11.3 Å². The maximum Gasteiger partial charge on any atom is 0.162 e. The summed E-state index contributed by atoms with van der Waals surface area (Å²) in [6.07, 6.45) is 0.941. The van der Waals surface area contributed by atoms with E-state index in [0.29, 0.717) is 0 Å². The molecule has 0 saturated heterocycles. The number of hydrogen-bond donors (Lipinski definition) is 0. The minimum Gasteiger partial charge on any atom is -0.315 e. The van der Waals surface area contributed by atoms with Crippen LogP contribution in [0, 0.1) is 8.59 Å². The number of aromatic nitrogens is 1. The SMILES string of the molecule is S=c1cc(-c2ccccc2)sc(=S)n1CCc1ccccc1. The molecule has 4 heteroatoms. The lowest BCUT2D eigenvalue weighted by Gasteiger charge is -2.09. The van der Waals surface area contributed by atoms with Gasteiger partial charge in [-0.2, -0.15) is 0 Å². The van der Waals surface area contributed by atoms with Crippen molar-refractivity contribution in [3.8, 4) is 10.4 Å². The van der Waals surface area contributed by atoms with Gasteiger partial charge in [-0.05, 0) is 35.8 Å². The van der Waals surface area contributed by atoms with E-state index in [2.05, 4.69) is 47.0 Å². The lowest BCUT2D eigenvalue weighted by molar-refractivity contribution is 0.684. The molecule has 1 heterocycles. The molecule has 0 unspecified atom stereocenters. The number of rotatable bonds is 4. The molecule has 0 atom stereocenters. The van der Waals surface area contributed by atoms with Crippen molar-refractivity contribution in [2.24, 2.45) is 0 Å². The predicted molar refractivity (Wildman–Crippen MR) is 99.6 cm³/mol. The van der Waals surface area contributed by atoms with E-state index < -0.39 is 0 Å². The molecule has 3 rings (SSSR count). The number of hydrogen-bond acceptors (Lipinski definition) is 3. The van der Waals surface area contributed by atoms with Crippen LogP contribution in [0.5, 0.6) is 0 Å². The van der Waals surface area contributed by atoms with Crippen molar-refractivity contribution in [2.45, 2.75) is 13.0 Å². The minimum absolute atomic E-state index is 0.804. The van der Waals surface area contributed by atoms with Crippen LogP contribution in [0.25, 0.3) is 10.4 Å². The van der Waals surface area contributed by atoms with Crippen molar-refractivity contribution >= 4 is 35.8 Å². The highest BCUT2D eigenvalue weighted by Gasteiger charge is 2.03.